The van der Waals surface area contributed by atoms with Gasteiger partial charge in [0.25, 0.3) is 5.91 Å². The first-order chi connectivity index (χ1) is 12.2. The number of likely N-dealkylation sites (tertiary alicyclic amines) is 1. The largest absolute Gasteiger partial charge is 0.339 e. The molecule has 5 nitrogen and oxygen atoms in total. The molecule has 0 spiro atoms. The van der Waals surface area contributed by atoms with Gasteiger partial charge in [0.2, 0.25) is 0 Å². The zero-order valence-electron chi connectivity index (χ0n) is 14.7. The van der Waals surface area contributed by atoms with Gasteiger partial charge in [0.05, 0.1) is 6.20 Å². The van der Waals surface area contributed by atoms with E-state index in [4.69, 9.17) is 0 Å². The third kappa shape index (κ3) is 3.23. The third-order valence-electron chi connectivity index (χ3n) is 5.34. The van der Waals surface area contributed by atoms with E-state index in [0.29, 0.717) is 0 Å². The Labute approximate surface area is 148 Å². The Morgan fingerprint density at radius 2 is 2.00 bits per heavy atom. The zero-order valence-corrected chi connectivity index (χ0v) is 14.7. The second-order valence-electron chi connectivity index (χ2n) is 7.14. The van der Waals surface area contributed by atoms with Gasteiger partial charge in [-0.1, -0.05) is 6.92 Å². The molecule has 130 valence electrons. The molecular formula is C20H24N4O. The maximum atomic E-state index is 12.8. The summed E-state index contributed by atoms with van der Waals surface area (Å²) in [5, 5.41) is 0. The zero-order chi connectivity index (χ0) is 17.2. The number of carbonyl (C=O) groups is 1. The molecule has 0 N–H and O–H groups in total. The van der Waals surface area contributed by atoms with Crippen LogP contribution in [-0.4, -0.2) is 40.4 Å². The van der Waals surface area contributed by atoms with Crippen molar-refractivity contribution in [3.8, 4) is 0 Å². The molecule has 2 aliphatic heterocycles. The molecule has 0 bridgehead atoms. The first-order valence-corrected chi connectivity index (χ1v) is 9.18. The highest BCUT2D eigenvalue weighted by Crippen LogP contribution is 2.33. The fourth-order valence-corrected chi connectivity index (χ4v) is 3.79. The summed E-state index contributed by atoms with van der Waals surface area (Å²) in [6, 6.07) is 6.12. The molecule has 0 aliphatic carbocycles. The minimum Gasteiger partial charge on any atom is -0.339 e. The molecule has 2 aromatic rings. The summed E-state index contributed by atoms with van der Waals surface area (Å²) in [7, 11) is 0. The Morgan fingerprint density at radius 3 is 2.76 bits per heavy atom. The first kappa shape index (κ1) is 16.1. The molecular weight excluding hydrogens is 312 g/mol. The van der Waals surface area contributed by atoms with E-state index in [1.54, 1.807) is 18.6 Å². The van der Waals surface area contributed by atoms with Gasteiger partial charge in [-0.05, 0) is 55.4 Å². The second-order valence-corrected chi connectivity index (χ2v) is 7.14. The monoisotopic (exact) mass is 336 g/mol. The Balaban J connectivity index is 1.58. The summed E-state index contributed by atoms with van der Waals surface area (Å²) in [4.78, 5) is 25.6. The van der Waals surface area contributed by atoms with Gasteiger partial charge in [0.1, 0.15) is 0 Å². The van der Waals surface area contributed by atoms with Crippen LogP contribution in [0.4, 0.5) is 11.5 Å². The van der Waals surface area contributed by atoms with Crippen molar-refractivity contribution in [2.75, 3.05) is 24.5 Å². The van der Waals surface area contributed by atoms with Crippen LogP contribution in [0.3, 0.4) is 0 Å². The van der Waals surface area contributed by atoms with Gasteiger partial charge in [0, 0.05) is 43.3 Å². The van der Waals surface area contributed by atoms with Gasteiger partial charge in [-0.2, -0.15) is 0 Å². The van der Waals surface area contributed by atoms with E-state index in [0.717, 1.165) is 68.3 Å². The quantitative estimate of drug-likeness (QED) is 0.843. The predicted octanol–water partition coefficient (Wildman–Crippen LogP) is 3.43. The van der Waals surface area contributed by atoms with E-state index in [2.05, 4.69) is 33.9 Å². The number of benzene rings is 1. The minimum absolute atomic E-state index is 0.173. The Kier molecular flexibility index (Phi) is 4.38. The summed E-state index contributed by atoms with van der Waals surface area (Å²) in [5.74, 6) is 1.77. The van der Waals surface area contributed by atoms with Gasteiger partial charge in [-0.3, -0.25) is 9.78 Å². The number of nitrogens with zero attached hydrogens (tertiary/aromatic N) is 4. The van der Waals surface area contributed by atoms with Crippen molar-refractivity contribution >= 4 is 17.4 Å². The Morgan fingerprint density at radius 1 is 1.16 bits per heavy atom. The maximum absolute atomic E-state index is 12.8. The van der Waals surface area contributed by atoms with Crippen molar-refractivity contribution in [3.05, 3.63) is 47.9 Å². The van der Waals surface area contributed by atoms with Gasteiger partial charge < -0.3 is 9.80 Å². The Bertz CT molecular complexity index is 754. The number of rotatable bonds is 2. The van der Waals surface area contributed by atoms with E-state index >= 15 is 0 Å². The average molecular weight is 336 g/mol. The predicted molar refractivity (Wildman–Crippen MR) is 98.1 cm³/mol. The number of fused-ring (bicyclic) bond motifs is 1. The van der Waals surface area contributed by atoms with Crippen LogP contribution in [0.2, 0.25) is 0 Å². The van der Waals surface area contributed by atoms with E-state index < -0.39 is 0 Å². The fourth-order valence-electron chi connectivity index (χ4n) is 3.79. The lowest BCUT2D eigenvalue weighted by Crippen LogP contribution is -2.38. The van der Waals surface area contributed by atoms with Crippen molar-refractivity contribution in [1.82, 2.24) is 14.9 Å². The average Bonchev–Trinajstić information content (AvgIpc) is 2.68. The van der Waals surface area contributed by atoms with Crippen molar-refractivity contribution < 1.29 is 4.79 Å². The molecule has 2 aliphatic rings. The van der Waals surface area contributed by atoms with Gasteiger partial charge in [-0.15, -0.1) is 0 Å². The highest BCUT2D eigenvalue weighted by molar-refractivity contribution is 5.95. The number of hydrogen-bond donors (Lipinski definition) is 0. The summed E-state index contributed by atoms with van der Waals surface area (Å²) >= 11 is 0. The van der Waals surface area contributed by atoms with Crippen LogP contribution in [-0.2, 0) is 6.42 Å². The van der Waals surface area contributed by atoms with Crippen LogP contribution in [0.15, 0.2) is 36.8 Å². The van der Waals surface area contributed by atoms with Crippen LogP contribution in [0, 0.1) is 5.92 Å². The van der Waals surface area contributed by atoms with Crippen molar-refractivity contribution in [3.63, 3.8) is 0 Å². The van der Waals surface area contributed by atoms with Gasteiger partial charge in [0.15, 0.2) is 5.82 Å². The minimum atomic E-state index is 0.173. The first-order valence-electron chi connectivity index (χ1n) is 9.18. The summed E-state index contributed by atoms with van der Waals surface area (Å²) in [6.45, 7) is 4.95. The van der Waals surface area contributed by atoms with Crippen molar-refractivity contribution in [2.24, 2.45) is 5.92 Å². The number of aromatic nitrogens is 2. The second kappa shape index (κ2) is 6.82. The lowest BCUT2D eigenvalue weighted by Gasteiger charge is -2.32. The summed E-state index contributed by atoms with van der Waals surface area (Å²) in [5.41, 5.74) is 3.19. The molecule has 1 aromatic heterocycles. The van der Waals surface area contributed by atoms with Crippen molar-refractivity contribution in [2.45, 2.75) is 32.6 Å². The highest BCUT2D eigenvalue weighted by Gasteiger charge is 2.24. The lowest BCUT2D eigenvalue weighted by atomic mass is 9.96. The highest BCUT2D eigenvalue weighted by atomic mass is 16.2. The SMILES string of the molecule is CC1CCN(C(=O)c2ccc3c(c2)CCCN3c2cnccn2)CC1. The molecule has 1 saturated heterocycles. The van der Waals surface area contributed by atoms with Gasteiger partial charge >= 0.3 is 0 Å². The van der Waals surface area contributed by atoms with Gasteiger partial charge in [-0.25, -0.2) is 4.98 Å². The van der Waals surface area contributed by atoms with Crippen LogP contribution >= 0.6 is 0 Å². The van der Waals surface area contributed by atoms with Crippen LogP contribution < -0.4 is 4.90 Å². The molecule has 3 heterocycles. The molecule has 1 amide bonds. The number of piperidine rings is 1. The topological polar surface area (TPSA) is 49.3 Å². The van der Waals surface area contributed by atoms with E-state index in [1.807, 2.05) is 11.0 Å². The summed E-state index contributed by atoms with van der Waals surface area (Å²) < 4.78 is 0. The van der Waals surface area contributed by atoms with E-state index in [-0.39, 0.29) is 5.91 Å². The van der Waals surface area contributed by atoms with Crippen LogP contribution in [0.1, 0.15) is 42.1 Å². The lowest BCUT2D eigenvalue weighted by molar-refractivity contribution is 0.0697. The molecule has 1 fully saturated rings. The fraction of sp³-hybridized carbons (Fsp3) is 0.450. The van der Waals surface area contributed by atoms with Crippen LogP contribution in [0.5, 0.6) is 0 Å². The number of carbonyl (C=O) groups excluding carboxylic acids is 1. The number of hydrogen-bond acceptors (Lipinski definition) is 4. The third-order valence-corrected chi connectivity index (χ3v) is 5.34. The van der Waals surface area contributed by atoms with Crippen LogP contribution in [0.25, 0.3) is 0 Å². The smallest absolute Gasteiger partial charge is 0.253 e. The molecule has 4 rings (SSSR count). The van der Waals surface area contributed by atoms with E-state index in [1.165, 1.54) is 5.56 Å². The van der Waals surface area contributed by atoms with E-state index in [9.17, 15) is 4.79 Å². The Hall–Kier alpha value is -2.43. The summed E-state index contributed by atoms with van der Waals surface area (Å²) in [6.07, 6.45) is 9.48. The number of anilines is 2. The molecule has 0 radical (unpaired) electrons. The number of aryl methyl sites for hydroxylation is 1. The number of amides is 1. The molecule has 0 atom stereocenters. The standard InChI is InChI=1S/C20H24N4O/c1-15-6-11-23(12-7-15)20(25)17-4-5-18-16(13-17)3-2-10-24(18)19-14-21-8-9-22-19/h4-5,8-9,13-15H,2-3,6-7,10-12H2,1H3. The molecule has 0 saturated carbocycles. The molecule has 25 heavy (non-hydrogen) atoms. The normalized spacial score (nSPS) is 18.1. The van der Waals surface area contributed by atoms with Crippen molar-refractivity contribution in [1.29, 1.82) is 0 Å². The molecule has 1 aromatic carbocycles. The molecule has 0 unspecified atom stereocenters. The maximum Gasteiger partial charge on any atom is 0.253 e. The molecule has 5 heteroatoms.